The fourth-order valence-electron chi connectivity index (χ4n) is 5.19. The molecule has 6 nitrogen and oxygen atoms in total. The second kappa shape index (κ2) is 5.22. The Morgan fingerprint density at radius 1 is 1.28 bits per heavy atom. The van der Waals surface area contributed by atoms with Gasteiger partial charge in [0, 0.05) is 36.2 Å². The summed E-state index contributed by atoms with van der Waals surface area (Å²) in [5.41, 5.74) is 1.28. The summed E-state index contributed by atoms with van der Waals surface area (Å²) in [7, 11) is 4.85. The minimum absolute atomic E-state index is 0.0541. The first-order valence-corrected chi connectivity index (χ1v) is 8.60. The number of piperidine rings is 1. The molecule has 4 atom stereocenters. The van der Waals surface area contributed by atoms with Crippen LogP contribution in [0.3, 0.4) is 0 Å². The lowest BCUT2D eigenvalue weighted by atomic mass is 9.53. The van der Waals surface area contributed by atoms with E-state index in [0.717, 1.165) is 11.1 Å². The number of phenols is 1. The Balaban J connectivity index is 1.99. The quantitative estimate of drug-likeness (QED) is 0.800. The molecule has 6 heteroatoms. The van der Waals surface area contributed by atoms with Gasteiger partial charge in [-0.3, -0.25) is 4.79 Å². The van der Waals surface area contributed by atoms with Crippen LogP contribution in [0.1, 0.15) is 24.0 Å². The molecule has 3 aliphatic rings. The molecule has 1 heterocycles. The van der Waals surface area contributed by atoms with Gasteiger partial charge in [0.2, 0.25) is 0 Å². The monoisotopic (exact) mass is 346 g/mol. The highest BCUT2D eigenvalue weighted by atomic mass is 16.5. The van der Waals surface area contributed by atoms with Crippen molar-refractivity contribution >= 4 is 5.78 Å². The van der Waals surface area contributed by atoms with Gasteiger partial charge < -0.3 is 14.6 Å². The van der Waals surface area contributed by atoms with Crippen molar-refractivity contribution in [1.29, 1.82) is 0 Å². The number of aromatic hydroxyl groups is 1. The van der Waals surface area contributed by atoms with E-state index in [1.54, 1.807) is 6.07 Å². The van der Waals surface area contributed by atoms with Crippen LogP contribution in [0.2, 0.25) is 0 Å². The van der Waals surface area contributed by atoms with Crippen LogP contribution in [0.4, 0.5) is 0 Å². The van der Waals surface area contributed by atoms with Crippen LogP contribution in [0.5, 0.6) is 11.5 Å². The number of likely N-dealkylation sites (N-methyl/N-ethyl adjacent to an activating group) is 1. The predicted octanol–water partition coefficient (Wildman–Crippen LogP) is 1.92. The molecule has 2 bridgehead atoms. The third-order valence-electron chi connectivity index (χ3n) is 6.45. The first kappa shape index (κ1) is 16.4. The Hall–Kier alpha value is -2.05. The van der Waals surface area contributed by atoms with Crippen molar-refractivity contribution < 1.29 is 29.2 Å². The van der Waals surface area contributed by atoms with Crippen LogP contribution in [-0.4, -0.2) is 54.6 Å². The molecule has 0 saturated carbocycles. The Morgan fingerprint density at radius 3 is 2.72 bits per heavy atom. The molecule has 0 spiro atoms. The number of hydroxylamine groups is 3. The van der Waals surface area contributed by atoms with Crippen molar-refractivity contribution in [3.63, 3.8) is 0 Å². The molecule has 1 aliphatic heterocycles. The summed E-state index contributed by atoms with van der Waals surface area (Å²) >= 11 is 0. The van der Waals surface area contributed by atoms with Crippen LogP contribution >= 0.6 is 0 Å². The Bertz CT molecular complexity index is 784. The van der Waals surface area contributed by atoms with Gasteiger partial charge in [0.1, 0.15) is 12.6 Å². The summed E-state index contributed by atoms with van der Waals surface area (Å²) in [4.78, 5) is 12.6. The molecular weight excluding hydrogens is 322 g/mol. The first-order chi connectivity index (χ1) is 11.8. The van der Waals surface area contributed by atoms with Crippen molar-refractivity contribution in [3.05, 3.63) is 35.1 Å². The van der Waals surface area contributed by atoms with Gasteiger partial charge in [-0.25, -0.2) is 5.21 Å². The number of rotatable bonds is 2. The van der Waals surface area contributed by atoms with Crippen molar-refractivity contribution in [2.45, 2.75) is 30.7 Å². The minimum atomic E-state index is -0.517. The number of carbonyl (C=O) groups is 1. The Kier molecular flexibility index (Phi) is 3.43. The number of carbonyl (C=O) groups excluding carboxylic acids is 1. The van der Waals surface area contributed by atoms with Gasteiger partial charge >= 0.3 is 0 Å². The standard InChI is InChI=1S/C19H23NO5/c1-20(23)7-6-19-10-14(21)16(25-3)9-12(19)13(20)8-11-4-5-15(24-2)18(22)17(11)19/h4-5,9,12-13,23H,6-8,10H2,1-3H3/p+1/t12-,13+,19-,20?/m1/s1. The molecule has 1 unspecified atom stereocenters. The topological polar surface area (TPSA) is 76.0 Å². The lowest BCUT2D eigenvalue weighted by Crippen LogP contribution is -2.67. The molecule has 4 rings (SSSR count). The number of quaternary nitrogens is 1. The summed E-state index contributed by atoms with van der Waals surface area (Å²) in [6, 6.07) is 3.63. The zero-order chi connectivity index (χ0) is 18.0. The molecule has 0 amide bonds. The van der Waals surface area contributed by atoms with E-state index in [1.807, 2.05) is 19.2 Å². The summed E-state index contributed by atoms with van der Waals surface area (Å²) in [6.45, 7) is 0.542. The molecule has 1 fully saturated rings. The number of Topliss-reactive ketones (excluding diaryl/α,β-unsaturated/α-hetero) is 1. The highest BCUT2D eigenvalue weighted by Crippen LogP contribution is 2.58. The maximum atomic E-state index is 12.6. The van der Waals surface area contributed by atoms with E-state index in [9.17, 15) is 15.1 Å². The van der Waals surface area contributed by atoms with Crippen LogP contribution in [0.15, 0.2) is 24.0 Å². The Labute approximate surface area is 146 Å². The molecular formula is C19H24NO5+. The smallest absolute Gasteiger partial charge is 0.197 e. The van der Waals surface area contributed by atoms with Crippen LogP contribution < -0.4 is 4.74 Å². The number of nitrogens with zero attached hydrogens (tertiary/aromatic N) is 1. The molecule has 2 aliphatic carbocycles. The number of phenolic OH excluding ortho intramolecular Hbond substituents is 1. The number of fused-ring (bicyclic) bond motifs is 1. The maximum absolute atomic E-state index is 12.6. The van der Waals surface area contributed by atoms with Gasteiger partial charge in [0.25, 0.3) is 0 Å². The number of hydrogen-bond donors (Lipinski definition) is 2. The van der Waals surface area contributed by atoms with E-state index < -0.39 is 5.41 Å². The number of allylic oxidation sites excluding steroid dienone is 1. The van der Waals surface area contributed by atoms with Gasteiger partial charge in [-0.05, 0) is 17.7 Å². The number of ether oxygens (including phenoxy) is 2. The predicted molar refractivity (Wildman–Crippen MR) is 89.5 cm³/mol. The van der Waals surface area contributed by atoms with E-state index in [1.165, 1.54) is 14.2 Å². The van der Waals surface area contributed by atoms with Gasteiger partial charge in [0.15, 0.2) is 23.0 Å². The number of benzene rings is 1. The van der Waals surface area contributed by atoms with E-state index in [-0.39, 0.29) is 34.6 Å². The van der Waals surface area contributed by atoms with E-state index in [4.69, 9.17) is 9.47 Å². The largest absolute Gasteiger partial charge is 0.504 e. The fraction of sp³-hybridized carbons (Fsp3) is 0.526. The highest BCUT2D eigenvalue weighted by Gasteiger charge is 2.62. The average Bonchev–Trinajstić information content (AvgIpc) is 2.58. The lowest BCUT2D eigenvalue weighted by Gasteiger charge is -2.56. The minimum Gasteiger partial charge on any atom is -0.504 e. The summed E-state index contributed by atoms with van der Waals surface area (Å²) in [5.74, 6) is 0.778. The van der Waals surface area contributed by atoms with Crippen LogP contribution in [-0.2, 0) is 21.4 Å². The third-order valence-corrected chi connectivity index (χ3v) is 6.45. The molecule has 0 radical (unpaired) electrons. The van der Waals surface area contributed by atoms with Crippen molar-refractivity contribution in [1.82, 2.24) is 0 Å². The van der Waals surface area contributed by atoms with E-state index in [0.29, 0.717) is 30.9 Å². The molecule has 2 N–H and O–H groups in total. The van der Waals surface area contributed by atoms with E-state index in [2.05, 4.69) is 0 Å². The van der Waals surface area contributed by atoms with Gasteiger partial charge in [0.05, 0.1) is 21.3 Å². The van der Waals surface area contributed by atoms with Gasteiger partial charge in [-0.15, -0.1) is 0 Å². The maximum Gasteiger partial charge on any atom is 0.197 e. The number of methoxy groups -OCH3 is 2. The van der Waals surface area contributed by atoms with Gasteiger partial charge in [-0.2, -0.15) is 4.65 Å². The fourth-order valence-corrected chi connectivity index (χ4v) is 5.19. The molecule has 25 heavy (non-hydrogen) atoms. The average molecular weight is 346 g/mol. The van der Waals surface area contributed by atoms with Crippen LogP contribution in [0.25, 0.3) is 0 Å². The summed E-state index contributed by atoms with van der Waals surface area (Å²) in [5, 5.41) is 21.8. The summed E-state index contributed by atoms with van der Waals surface area (Å²) < 4.78 is 10.5. The molecule has 1 aromatic rings. The van der Waals surface area contributed by atoms with Crippen molar-refractivity contribution in [2.24, 2.45) is 5.92 Å². The van der Waals surface area contributed by atoms with Gasteiger partial charge in [-0.1, -0.05) is 6.07 Å². The third kappa shape index (κ3) is 2.07. The number of ketones is 1. The normalized spacial score (nSPS) is 36.2. The highest BCUT2D eigenvalue weighted by molar-refractivity contribution is 5.96. The molecule has 1 saturated heterocycles. The SMILES string of the molecule is COC1=C[C@@H]2[C@@H]3Cc4ccc(OC)c(O)c4[C@]2(CC[N+]3(C)O)CC1=O. The molecule has 0 aromatic heterocycles. The second-order valence-corrected chi connectivity index (χ2v) is 7.63. The first-order valence-electron chi connectivity index (χ1n) is 8.60. The zero-order valence-corrected chi connectivity index (χ0v) is 14.8. The van der Waals surface area contributed by atoms with E-state index >= 15 is 0 Å². The lowest BCUT2D eigenvalue weighted by molar-refractivity contribution is -1.11. The zero-order valence-electron chi connectivity index (χ0n) is 14.8. The van der Waals surface area contributed by atoms with Crippen molar-refractivity contribution in [2.75, 3.05) is 27.8 Å². The molecule has 1 aromatic carbocycles. The molecule has 134 valence electrons. The number of likely N-dealkylation sites (tertiary alicyclic amines) is 1. The summed E-state index contributed by atoms with van der Waals surface area (Å²) in [6.07, 6.45) is 3.40. The Morgan fingerprint density at radius 2 is 2.04 bits per heavy atom. The second-order valence-electron chi connectivity index (χ2n) is 7.63. The van der Waals surface area contributed by atoms with Crippen molar-refractivity contribution in [3.8, 4) is 11.5 Å². The van der Waals surface area contributed by atoms with Crippen LogP contribution in [0, 0.1) is 5.92 Å². The number of hydrogen-bond acceptors (Lipinski definition) is 5.